The minimum Gasteiger partial charge on any atom is -0.358 e. The first-order valence-electron chi connectivity index (χ1n) is 1.05. The topological polar surface area (TPSA) is 9.23 Å². The van der Waals surface area contributed by atoms with E-state index in [0.29, 0.717) is 0 Å². The second kappa shape index (κ2) is 3.26. The number of ether oxygens (including phenoxy) is 1. The van der Waals surface area contributed by atoms with Gasteiger partial charge in [0.25, 0.3) is 0 Å². The van der Waals surface area contributed by atoms with E-state index in [1.165, 1.54) is 0 Å². The van der Waals surface area contributed by atoms with E-state index in [2.05, 4.69) is 4.74 Å². The highest BCUT2D eigenvalue weighted by molar-refractivity contribution is 7.17. The van der Waals surface area contributed by atoms with Gasteiger partial charge < -0.3 is 4.74 Å². The molecule has 0 bridgehead atoms. The standard InChI is InChI=1S/C2H7OP/c1-3-2-4/h2H,1,4H3. The Hall–Kier alpha value is 0.260. The summed E-state index contributed by atoms with van der Waals surface area (Å²) in [7, 11) is 3.31. The third kappa shape index (κ3) is 2.26. The second-order valence-electron chi connectivity index (χ2n) is 0.402. The monoisotopic (exact) mass is 78.0 g/mol. The summed E-state index contributed by atoms with van der Waals surface area (Å²) in [5.74, 6) is 1.65. The molecule has 1 nitrogen and oxygen atoms in total. The normalized spacial score (nSPS) is 7.25. The fraction of sp³-hybridized carbons (Fsp3) is 0.500. The molecule has 1 unspecified atom stereocenters. The van der Waals surface area contributed by atoms with Gasteiger partial charge >= 0.3 is 0 Å². The fourth-order valence-electron chi connectivity index (χ4n) is 0. The van der Waals surface area contributed by atoms with Crippen LogP contribution in [0.2, 0.25) is 0 Å². The van der Waals surface area contributed by atoms with Gasteiger partial charge in [0.1, 0.15) is 0 Å². The summed E-state index contributed by atoms with van der Waals surface area (Å²) in [6.07, 6.45) is 0. The van der Waals surface area contributed by atoms with Crippen LogP contribution in [0.4, 0.5) is 0 Å². The van der Waals surface area contributed by atoms with Crippen molar-refractivity contribution in [3.05, 3.63) is 0 Å². The van der Waals surface area contributed by atoms with Crippen LogP contribution in [0.25, 0.3) is 0 Å². The molecule has 0 aliphatic carbocycles. The van der Waals surface area contributed by atoms with E-state index in [-0.39, 0.29) is 0 Å². The Balaban J connectivity index is 2.30. The van der Waals surface area contributed by atoms with Gasteiger partial charge in [-0.1, -0.05) is 0 Å². The Labute approximate surface area is 27.8 Å². The maximum atomic E-state index is 4.43. The van der Waals surface area contributed by atoms with Crippen LogP contribution >= 0.6 is 8.86 Å². The van der Waals surface area contributed by atoms with Gasteiger partial charge in [0.15, 0.2) is 0 Å². The van der Waals surface area contributed by atoms with E-state index >= 15 is 0 Å². The molecule has 0 spiro atoms. The molecule has 0 aromatic carbocycles. The Morgan fingerprint density at radius 2 is 2.25 bits per heavy atom. The average molecular weight is 78.1 g/mol. The summed E-state index contributed by atoms with van der Waals surface area (Å²) in [5, 5.41) is 0. The molecule has 1 atom stereocenters. The maximum Gasteiger partial charge on any atom is 0.0414 e. The number of methoxy groups -OCH3 is 1. The van der Waals surface area contributed by atoms with E-state index in [1.807, 2.05) is 0 Å². The minimum atomic E-state index is 1.63. The van der Waals surface area contributed by atoms with Gasteiger partial charge in [-0.15, -0.1) is 8.86 Å². The smallest absolute Gasteiger partial charge is 0.0414 e. The molecule has 0 rings (SSSR count). The van der Waals surface area contributed by atoms with Crippen LogP contribution in [0.5, 0.6) is 0 Å². The first kappa shape index (κ1) is 4.26. The highest BCUT2D eigenvalue weighted by Crippen LogP contribution is 1.51. The van der Waals surface area contributed by atoms with Gasteiger partial charge in [-0.3, -0.25) is 0 Å². The molecule has 0 aliphatic rings. The van der Waals surface area contributed by atoms with Gasteiger partial charge in [-0.25, -0.2) is 0 Å². The van der Waals surface area contributed by atoms with E-state index in [0.717, 1.165) is 0 Å². The van der Waals surface area contributed by atoms with Crippen molar-refractivity contribution in [2.45, 2.75) is 0 Å². The molecule has 0 aromatic heterocycles. The highest BCUT2D eigenvalue weighted by atomic mass is 31.0. The molecule has 0 amide bonds. The molecule has 26 valence electrons. The summed E-state index contributed by atoms with van der Waals surface area (Å²) in [6, 6.07) is 0. The molecule has 0 saturated carbocycles. The molecule has 0 saturated heterocycles. The third-order valence-corrected chi connectivity index (χ3v) is 0.500. The SMILES string of the molecule is COC=[PH3]. The molecule has 0 fully saturated rings. The molecule has 2 heteroatoms. The quantitative estimate of drug-likeness (QED) is 0.401. The van der Waals surface area contributed by atoms with Crippen molar-refractivity contribution in [2.75, 3.05) is 7.11 Å². The Bertz CT molecular complexity index is 20.0. The lowest BCUT2D eigenvalue weighted by atomic mass is 11.5. The van der Waals surface area contributed by atoms with E-state index in [9.17, 15) is 0 Å². The van der Waals surface area contributed by atoms with Crippen molar-refractivity contribution >= 4 is 14.8 Å². The highest BCUT2D eigenvalue weighted by Gasteiger charge is 1.38. The zero-order valence-corrected chi connectivity index (χ0v) is 4.11. The molecular weight excluding hydrogens is 71.0 g/mol. The molecule has 0 aromatic rings. The minimum absolute atomic E-state index is 1.63. The van der Waals surface area contributed by atoms with Gasteiger partial charge in [-0.05, 0) is 0 Å². The number of hydrogen-bond acceptors (Lipinski definition) is 1. The fourth-order valence-corrected chi connectivity index (χ4v) is 0. The van der Waals surface area contributed by atoms with Crippen LogP contribution < -0.4 is 0 Å². The van der Waals surface area contributed by atoms with Gasteiger partial charge in [0.05, 0.1) is 0 Å². The molecule has 0 aliphatic heterocycles. The zero-order chi connectivity index (χ0) is 3.41. The summed E-state index contributed by atoms with van der Waals surface area (Å²) in [4.78, 5) is 0. The molecule has 0 N–H and O–H groups in total. The van der Waals surface area contributed by atoms with Crippen molar-refractivity contribution < 1.29 is 4.74 Å². The Morgan fingerprint density at radius 3 is 2.25 bits per heavy atom. The predicted molar refractivity (Wildman–Crippen MR) is 24.2 cm³/mol. The number of hydrogen-bond donors (Lipinski definition) is 0. The van der Waals surface area contributed by atoms with Crippen LogP contribution in [0.15, 0.2) is 0 Å². The lowest BCUT2D eigenvalue weighted by Gasteiger charge is -1.67. The van der Waals surface area contributed by atoms with Crippen molar-refractivity contribution in [1.82, 2.24) is 0 Å². The summed E-state index contributed by atoms with van der Waals surface area (Å²) < 4.78 is 4.43. The van der Waals surface area contributed by atoms with Crippen LogP contribution in [-0.2, 0) is 4.74 Å². The summed E-state index contributed by atoms with van der Waals surface area (Å²) >= 11 is 0. The van der Waals surface area contributed by atoms with Crippen LogP contribution in [0.3, 0.4) is 0 Å². The number of rotatable bonds is 1. The molecule has 0 radical (unpaired) electrons. The van der Waals surface area contributed by atoms with Crippen molar-refractivity contribution in [1.29, 1.82) is 0 Å². The Kier molecular flexibility index (Phi) is 3.47. The molecular formula is C2H7OP. The maximum absolute atomic E-state index is 4.43. The third-order valence-electron chi connectivity index (χ3n) is 0.167. The van der Waals surface area contributed by atoms with Gasteiger partial charge in [0.2, 0.25) is 0 Å². The first-order chi connectivity index (χ1) is 1.91. The Morgan fingerprint density at radius 1 is 2.00 bits per heavy atom. The molecule has 4 heavy (non-hydrogen) atoms. The van der Waals surface area contributed by atoms with Gasteiger partial charge in [0, 0.05) is 13.1 Å². The van der Waals surface area contributed by atoms with E-state index < -0.39 is 0 Å². The van der Waals surface area contributed by atoms with Crippen LogP contribution in [0.1, 0.15) is 0 Å². The average Bonchev–Trinajstić information content (AvgIpc) is 1.37. The molecule has 0 heterocycles. The summed E-state index contributed by atoms with van der Waals surface area (Å²) in [6.45, 7) is 0. The van der Waals surface area contributed by atoms with Crippen molar-refractivity contribution in [2.24, 2.45) is 0 Å². The lowest BCUT2D eigenvalue weighted by molar-refractivity contribution is 0.432. The van der Waals surface area contributed by atoms with Crippen LogP contribution in [0, 0.1) is 0 Å². The van der Waals surface area contributed by atoms with Gasteiger partial charge in [-0.2, -0.15) is 0 Å². The lowest BCUT2D eigenvalue weighted by Crippen LogP contribution is -1.63. The summed E-state index contributed by atoms with van der Waals surface area (Å²) in [5.41, 5.74) is 0. The van der Waals surface area contributed by atoms with Crippen LogP contribution in [-0.4, -0.2) is 13.1 Å². The van der Waals surface area contributed by atoms with Crippen molar-refractivity contribution in [3.8, 4) is 0 Å². The van der Waals surface area contributed by atoms with Crippen molar-refractivity contribution in [3.63, 3.8) is 0 Å². The zero-order valence-electron chi connectivity index (χ0n) is 2.69. The first-order valence-corrected chi connectivity index (χ1v) is 1.87. The van der Waals surface area contributed by atoms with E-state index in [1.54, 1.807) is 22.0 Å². The van der Waals surface area contributed by atoms with E-state index in [4.69, 9.17) is 0 Å². The predicted octanol–water partition coefficient (Wildman–Crippen LogP) is -0.000100. The largest absolute Gasteiger partial charge is 0.358 e. The second-order valence-corrected chi connectivity index (χ2v) is 0.736.